The number of anilines is 1. The molecule has 1 aromatic rings. The molecule has 0 spiro atoms. The van der Waals surface area contributed by atoms with Gasteiger partial charge in [0.05, 0.1) is 0 Å². The molecular weight excluding hydrogens is 408 g/mol. The van der Waals surface area contributed by atoms with E-state index in [1.807, 2.05) is 30.0 Å². The van der Waals surface area contributed by atoms with E-state index in [1.54, 1.807) is 0 Å². The van der Waals surface area contributed by atoms with Crippen LogP contribution in [0.4, 0.5) is 15.3 Å². The summed E-state index contributed by atoms with van der Waals surface area (Å²) in [6.07, 6.45) is 7.42. The van der Waals surface area contributed by atoms with E-state index in [1.165, 1.54) is 19.3 Å². The second kappa shape index (κ2) is 9.44. The highest BCUT2D eigenvalue weighted by Crippen LogP contribution is 2.22. The SMILES string of the molecule is Cc1ccc(Br)cc1NC(=O)N1CCC(NC(=O)NC2CCCCC2)CC1. The van der Waals surface area contributed by atoms with E-state index in [9.17, 15) is 9.59 Å². The fraction of sp³-hybridized carbons (Fsp3) is 0.600. The van der Waals surface area contributed by atoms with Crippen LogP contribution in [0.5, 0.6) is 0 Å². The molecule has 0 atom stereocenters. The molecule has 1 aliphatic heterocycles. The maximum Gasteiger partial charge on any atom is 0.321 e. The fourth-order valence-electron chi connectivity index (χ4n) is 3.81. The molecule has 6 nitrogen and oxygen atoms in total. The number of aryl methyl sites for hydroxylation is 1. The van der Waals surface area contributed by atoms with Crippen LogP contribution in [0, 0.1) is 6.92 Å². The van der Waals surface area contributed by atoms with Crippen molar-refractivity contribution < 1.29 is 9.59 Å². The third-order valence-corrected chi connectivity index (χ3v) is 5.99. The molecule has 7 heteroatoms. The van der Waals surface area contributed by atoms with E-state index in [2.05, 4.69) is 31.9 Å². The third-order valence-electron chi connectivity index (χ3n) is 5.50. The molecule has 27 heavy (non-hydrogen) atoms. The molecule has 0 unspecified atom stereocenters. The van der Waals surface area contributed by atoms with E-state index < -0.39 is 0 Å². The number of likely N-dealkylation sites (tertiary alicyclic amines) is 1. The molecule has 1 saturated heterocycles. The monoisotopic (exact) mass is 436 g/mol. The number of nitrogens with zero attached hydrogens (tertiary/aromatic N) is 1. The van der Waals surface area contributed by atoms with Crippen molar-refractivity contribution in [1.82, 2.24) is 15.5 Å². The zero-order valence-corrected chi connectivity index (χ0v) is 17.5. The minimum Gasteiger partial charge on any atom is -0.335 e. The average Bonchev–Trinajstić information content (AvgIpc) is 2.66. The molecule has 0 bridgehead atoms. The van der Waals surface area contributed by atoms with Crippen LogP contribution in [0.2, 0.25) is 0 Å². The normalized spacial score (nSPS) is 18.8. The summed E-state index contributed by atoms with van der Waals surface area (Å²) < 4.78 is 0.940. The summed E-state index contributed by atoms with van der Waals surface area (Å²) in [6, 6.07) is 6.15. The lowest BCUT2D eigenvalue weighted by Crippen LogP contribution is -2.51. The summed E-state index contributed by atoms with van der Waals surface area (Å²) in [5.74, 6) is 0. The molecule has 1 aliphatic carbocycles. The smallest absolute Gasteiger partial charge is 0.321 e. The van der Waals surface area contributed by atoms with Crippen LogP contribution in [-0.4, -0.2) is 42.1 Å². The van der Waals surface area contributed by atoms with Crippen molar-refractivity contribution in [1.29, 1.82) is 0 Å². The van der Waals surface area contributed by atoms with Gasteiger partial charge in [0.2, 0.25) is 0 Å². The Morgan fingerprint density at radius 3 is 2.30 bits per heavy atom. The lowest BCUT2D eigenvalue weighted by Gasteiger charge is -2.33. The highest BCUT2D eigenvalue weighted by Gasteiger charge is 2.25. The molecular formula is C20H29BrN4O2. The van der Waals surface area contributed by atoms with Crippen LogP contribution in [0.1, 0.15) is 50.5 Å². The summed E-state index contributed by atoms with van der Waals surface area (Å²) in [4.78, 5) is 26.5. The van der Waals surface area contributed by atoms with Crippen LogP contribution in [0.25, 0.3) is 0 Å². The van der Waals surface area contributed by atoms with E-state index >= 15 is 0 Å². The summed E-state index contributed by atoms with van der Waals surface area (Å²) in [5, 5.41) is 9.16. The van der Waals surface area contributed by atoms with Crippen LogP contribution < -0.4 is 16.0 Å². The Hall–Kier alpha value is -1.76. The van der Waals surface area contributed by atoms with Gasteiger partial charge in [-0.3, -0.25) is 0 Å². The van der Waals surface area contributed by atoms with Gasteiger partial charge < -0.3 is 20.9 Å². The van der Waals surface area contributed by atoms with Gasteiger partial charge in [-0.05, 0) is 50.3 Å². The van der Waals surface area contributed by atoms with E-state index in [0.717, 1.165) is 41.4 Å². The van der Waals surface area contributed by atoms with Crippen molar-refractivity contribution in [2.75, 3.05) is 18.4 Å². The molecule has 2 fully saturated rings. The number of urea groups is 2. The van der Waals surface area contributed by atoms with E-state index in [0.29, 0.717) is 19.1 Å². The first kappa shape index (κ1) is 20.0. The van der Waals surface area contributed by atoms with Crippen molar-refractivity contribution in [3.05, 3.63) is 28.2 Å². The van der Waals surface area contributed by atoms with Gasteiger partial charge >= 0.3 is 12.1 Å². The van der Waals surface area contributed by atoms with Crippen LogP contribution in [0.3, 0.4) is 0 Å². The van der Waals surface area contributed by atoms with Gasteiger partial charge in [-0.2, -0.15) is 0 Å². The minimum atomic E-state index is -0.0821. The van der Waals surface area contributed by atoms with Gasteiger partial charge in [-0.1, -0.05) is 41.3 Å². The Labute approximate surface area is 169 Å². The first-order chi connectivity index (χ1) is 13.0. The summed E-state index contributed by atoms with van der Waals surface area (Å²) in [5.41, 5.74) is 1.85. The third kappa shape index (κ3) is 5.86. The number of carbonyl (C=O) groups excluding carboxylic acids is 2. The average molecular weight is 437 g/mol. The number of carbonyl (C=O) groups is 2. The maximum absolute atomic E-state index is 12.5. The number of amides is 4. The molecule has 148 valence electrons. The Morgan fingerprint density at radius 1 is 1.00 bits per heavy atom. The summed E-state index contributed by atoms with van der Waals surface area (Å²) in [6.45, 7) is 3.27. The van der Waals surface area contributed by atoms with Crippen LogP contribution >= 0.6 is 15.9 Å². The molecule has 1 aromatic carbocycles. The molecule has 3 N–H and O–H groups in total. The van der Waals surface area contributed by atoms with E-state index in [4.69, 9.17) is 0 Å². The fourth-order valence-corrected chi connectivity index (χ4v) is 4.17. The second-order valence-corrected chi connectivity index (χ2v) is 8.52. The molecule has 4 amide bonds. The molecule has 1 saturated carbocycles. The lowest BCUT2D eigenvalue weighted by molar-refractivity contribution is 0.186. The molecule has 2 aliphatic rings. The minimum absolute atomic E-state index is 0.0606. The zero-order chi connectivity index (χ0) is 19.2. The first-order valence-electron chi connectivity index (χ1n) is 9.90. The van der Waals surface area contributed by atoms with Gasteiger partial charge in [0.1, 0.15) is 0 Å². The van der Waals surface area contributed by atoms with Gasteiger partial charge in [-0.15, -0.1) is 0 Å². The number of rotatable bonds is 3. The topological polar surface area (TPSA) is 73.5 Å². The lowest BCUT2D eigenvalue weighted by atomic mass is 9.96. The second-order valence-electron chi connectivity index (χ2n) is 7.60. The number of halogens is 1. The van der Waals surface area contributed by atoms with Gasteiger partial charge in [0, 0.05) is 35.3 Å². The largest absolute Gasteiger partial charge is 0.335 e. The molecule has 0 aromatic heterocycles. The summed E-state index contributed by atoms with van der Waals surface area (Å²) >= 11 is 3.44. The van der Waals surface area contributed by atoms with Crippen molar-refractivity contribution in [3.8, 4) is 0 Å². The Morgan fingerprint density at radius 2 is 1.63 bits per heavy atom. The number of nitrogens with one attached hydrogen (secondary N) is 3. The van der Waals surface area contributed by atoms with Crippen LogP contribution in [0.15, 0.2) is 22.7 Å². The predicted octanol–water partition coefficient (Wildman–Crippen LogP) is 4.39. The zero-order valence-electron chi connectivity index (χ0n) is 15.9. The standard InChI is InChI=1S/C20H29BrN4O2/c1-14-7-8-15(21)13-18(14)24-20(27)25-11-9-17(10-12-25)23-19(26)22-16-5-3-2-4-6-16/h7-8,13,16-17H,2-6,9-12H2,1H3,(H,24,27)(H2,22,23,26). The van der Waals surface area contributed by atoms with Crippen molar-refractivity contribution in [2.45, 2.75) is 64.0 Å². The highest BCUT2D eigenvalue weighted by molar-refractivity contribution is 9.10. The quantitative estimate of drug-likeness (QED) is 0.657. The van der Waals surface area contributed by atoms with Crippen molar-refractivity contribution >= 4 is 33.7 Å². The first-order valence-corrected chi connectivity index (χ1v) is 10.7. The Bertz CT molecular complexity index is 668. The number of benzene rings is 1. The van der Waals surface area contributed by atoms with E-state index in [-0.39, 0.29) is 18.1 Å². The van der Waals surface area contributed by atoms with Gasteiger partial charge in [0.25, 0.3) is 0 Å². The number of piperidine rings is 1. The van der Waals surface area contributed by atoms with Gasteiger partial charge in [0.15, 0.2) is 0 Å². The Kier molecular flexibility index (Phi) is 6.99. The van der Waals surface area contributed by atoms with Crippen LogP contribution in [-0.2, 0) is 0 Å². The molecule has 1 heterocycles. The highest BCUT2D eigenvalue weighted by atomic mass is 79.9. The number of hydrogen-bond acceptors (Lipinski definition) is 2. The van der Waals surface area contributed by atoms with Crippen molar-refractivity contribution in [2.24, 2.45) is 0 Å². The van der Waals surface area contributed by atoms with Crippen molar-refractivity contribution in [3.63, 3.8) is 0 Å². The number of hydrogen-bond donors (Lipinski definition) is 3. The van der Waals surface area contributed by atoms with Gasteiger partial charge in [-0.25, -0.2) is 9.59 Å². The predicted molar refractivity (Wildman–Crippen MR) is 111 cm³/mol. The molecule has 3 rings (SSSR count). The molecule has 0 radical (unpaired) electrons. The summed E-state index contributed by atoms with van der Waals surface area (Å²) in [7, 11) is 0. The Balaban J connectivity index is 1.42. The maximum atomic E-state index is 12.5.